The Labute approximate surface area is 146 Å². The Hall–Kier alpha value is -2.99. The lowest BCUT2D eigenvalue weighted by Gasteiger charge is -2.20. The molecule has 1 heterocycles. The van der Waals surface area contributed by atoms with Gasteiger partial charge in [0.25, 0.3) is 0 Å². The average Bonchev–Trinajstić information content (AvgIpc) is 2.86. The van der Waals surface area contributed by atoms with Crippen LogP contribution in [0.3, 0.4) is 0 Å². The van der Waals surface area contributed by atoms with Gasteiger partial charge in [0.1, 0.15) is 5.41 Å². The second kappa shape index (κ2) is 6.49. The van der Waals surface area contributed by atoms with Crippen LogP contribution in [0.25, 0.3) is 0 Å². The minimum absolute atomic E-state index is 0.341. The number of carboxylic acids is 1. The van der Waals surface area contributed by atoms with E-state index in [-0.39, 0.29) is 0 Å². The highest BCUT2D eigenvalue weighted by Gasteiger charge is 2.78. The van der Waals surface area contributed by atoms with Crippen molar-refractivity contribution in [3.05, 3.63) is 36.2 Å². The summed E-state index contributed by atoms with van der Waals surface area (Å²) in [5, 5.41) is 19.7. The third-order valence-corrected chi connectivity index (χ3v) is 5.20. The van der Waals surface area contributed by atoms with Crippen LogP contribution >= 0.6 is 0 Å². The van der Waals surface area contributed by atoms with Crippen LogP contribution in [0.1, 0.15) is 25.3 Å². The van der Waals surface area contributed by atoms with Gasteiger partial charge in [-0.15, -0.1) is 6.42 Å². The smallest absolute Gasteiger partial charge is 0.330 e. The van der Waals surface area contributed by atoms with E-state index in [2.05, 4.69) is 16.7 Å². The lowest BCUT2D eigenvalue weighted by Crippen LogP contribution is -2.28. The number of nitrogens with zero attached hydrogens (tertiary/aromatic N) is 2. The second-order valence-electron chi connectivity index (χ2n) is 6.64. The van der Waals surface area contributed by atoms with E-state index in [4.69, 9.17) is 6.42 Å². The highest BCUT2D eigenvalue weighted by atomic mass is 16.5. The molecule has 0 amide bonds. The number of carboxylic acid groups (broad SMARTS) is 1. The number of carbonyl (C=O) groups is 2. The van der Waals surface area contributed by atoms with Gasteiger partial charge < -0.3 is 14.4 Å². The topological polar surface area (TPSA) is 92.3 Å². The van der Waals surface area contributed by atoms with Crippen molar-refractivity contribution in [2.24, 2.45) is 16.7 Å². The molecule has 1 saturated carbocycles. The second-order valence-corrected chi connectivity index (χ2v) is 6.64. The van der Waals surface area contributed by atoms with Gasteiger partial charge in [-0.25, -0.2) is 4.79 Å². The zero-order valence-corrected chi connectivity index (χ0v) is 14.4. The molecule has 6 heteroatoms. The summed E-state index contributed by atoms with van der Waals surface area (Å²) in [5.74, 6) is -0.468. The molecule has 0 aromatic carbocycles. The SMILES string of the molecule is C#CCn1ccc([C@H](C#N)[C@]2(C(=O)O)[C@@H](C=CC(=O)OC)C2(C)C)c1. The molecule has 1 aliphatic rings. The molecule has 1 aliphatic carbocycles. The van der Waals surface area contributed by atoms with Crippen molar-refractivity contribution in [1.82, 2.24) is 4.57 Å². The largest absolute Gasteiger partial charge is 0.481 e. The molecule has 1 fully saturated rings. The van der Waals surface area contributed by atoms with Gasteiger partial charge in [0.05, 0.1) is 25.6 Å². The van der Waals surface area contributed by atoms with E-state index in [9.17, 15) is 20.0 Å². The molecule has 2 rings (SSSR count). The van der Waals surface area contributed by atoms with Crippen molar-refractivity contribution in [1.29, 1.82) is 5.26 Å². The molecule has 0 saturated heterocycles. The lowest BCUT2D eigenvalue weighted by molar-refractivity contribution is -0.145. The number of aromatic nitrogens is 1. The van der Waals surface area contributed by atoms with E-state index in [1.54, 1.807) is 36.9 Å². The monoisotopic (exact) mass is 340 g/mol. The maximum Gasteiger partial charge on any atom is 0.330 e. The van der Waals surface area contributed by atoms with Crippen molar-refractivity contribution in [2.45, 2.75) is 26.3 Å². The molecule has 25 heavy (non-hydrogen) atoms. The van der Waals surface area contributed by atoms with Gasteiger partial charge in [0.2, 0.25) is 0 Å². The van der Waals surface area contributed by atoms with Crippen LogP contribution in [-0.4, -0.2) is 28.7 Å². The summed E-state index contributed by atoms with van der Waals surface area (Å²) in [4.78, 5) is 23.6. The highest BCUT2D eigenvalue weighted by molar-refractivity contribution is 5.86. The summed E-state index contributed by atoms with van der Waals surface area (Å²) in [6.45, 7) is 3.92. The Morgan fingerprint density at radius 1 is 1.56 bits per heavy atom. The van der Waals surface area contributed by atoms with Crippen LogP contribution in [0.5, 0.6) is 0 Å². The van der Waals surface area contributed by atoms with Crippen LogP contribution in [0.2, 0.25) is 0 Å². The van der Waals surface area contributed by atoms with Crippen molar-refractivity contribution in [2.75, 3.05) is 7.11 Å². The number of rotatable bonds is 6. The molecule has 0 unspecified atom stereocenters. The summed E-state index contributed by atoms with van der Waals surface area (Å²) in [7, 11) is 1.25. The Kier molecular flexibility index (Phi) is 4.76. The maximum absolute atomic E-state index is 12.2. The van der Waals surface area contributed by atoms with Gasteiger partial charge in [0, 0.05) is 24.4 Å². The number of methoxy groups -OCH3 is 1. The van der Waals surface area contributed by atoms with Gasteiger partial charge in [-0.05, 0) is 17.0 Å². The number of hydrogen-bond donors (Lipinski definition) is 1. The van der Waals surface area contributed by atoms with Crippen LogP contribution in [0.15, 0.2) is 30.6 Å². The van der Waals surface area contributed by atoms with E-state index in [0.717, 1.165) is 0 Å². The highest BCUT2D eigenvalue weighted by Crippen LogP contribution is 2.75. The molecule has 0 aliphatic heterocycles. The average molecular weight is 340 g/mol. The molecule has 1 aromatic heterocycles. The zero-order chi connectivity index (χ0) is 18.8. The third kappa shape index (κ3) is 2.70. The lowest BCUT2D eigenvalue weighted by atomic mass is 9.79. The predicted octanol–water partition coefficient (Wildman–Crippen LogP) is 2.18. The molecule has 0 spiro atoms. The Morgan fingerprint density at radius 2 is 2.24 bits per heavy atom. The normalized spacial score (nSPS) is 24.9. The first kappa shape index (κ1) is 18.4. The molecule has 3 atom stereocenters. The maximum atomic E-state index is 12.2. The van der Waals surface area contributed by atoms with Gasteiger partial charge in [-0.3, -0.25) is 4.79 Å². The van der Waals surface area contributed by atoms with E-state index >= 15 is 0 Å². The molecule has 1 aromatic rings. The van der Waals surface area contributed by atoms with Crippen molar-refractivity contribution >= 4 is 11.9 Å². The first-order chi connectivity index (χ1) is 11.8. The standard InChI is InChI=1S/C19H20N2O4/c1-5-9-21-10-8-13(12-21)14(11-20)19(17(23)24)15(18(19,2)3)6-7-16(22)25-4/h1,6-8,10,12,14-15H,9H2,2-4H3,(H,23,24)/t14-,15-,19+/m0/s1. The summed E-state index contributed by atoms with van der Waals surface area (Å²) in [5.41, 5.74) is -1.42. The number of esters is 1. The number of ether oxygens (including phenoxy) is 1. The molecule has 0 radical (unpaired) electrons. The Morgan fingerprint density at radius 3 is 2.76 bits per heavy atom. The minimum Gasteiger partial charge on any atom is -0.481 e. The quantitative estimate of drug-likeness (QED) is 0.487. The first-order valence-corrected chi connectivity index (χ1v) is 7.75. The third-order valence-electron chi connectivity index (χ3n) is 5.20. The van der Waals surface area contributed by atoms with Gasteiger partial charge >= 0.3 is 11.9 Å². The Balaban J connectivity index is 2.46. The molecular weight excluding hydrogens is 320 g/mol. The summed E-state index contributed by atoms with van der Waals surface area (Å²) in [6.07, 6.45) is 11.5. The van der Waals surface area contributed by atoms with Crippen LogP contribution in [0, 0.1) is 40.4 Å². The van der Waals surface area contributed by atoms with Crippen LogP contribution in [-0.2, 0) is 20.9 Å². The first-order valence-electron chi connectivity index (χ1n) is 7.75. The van der Waals surface area contributed by atoms with Gasteiger partial charge in [-0.1, -0.05) is 25.8 Å². The number of nitriles is 1. The summed E-state index contributed by atoms with van der Waals surface area (Å²) in [6, 6.07) is 3.86. The van der Waals surface area contributed by atoms with Crippen LogP contribution in [0.4, 0.5) is 0 Å². The molecule has 1 N–H and O–H groups in total. The molecule has 6 nitrogen and oxygen atoms in total. The van der Waals surface area contributed by atoms with Gasteiger partial charge in [0.15, 0.2) is 0 Å². The van der Waals surface area contributed by atoms with Crippen molar-refractivity contribution in [3.8, 4) is 18.4 Å². The van der Waals surface area contributed by atoms with Gasteiger partial charge in [-0.2, -0.15) is 5.26 Å². The number of terminal acetylenes is 1. The van der Waals surface area contributed by atoms with E-state index in [1.165, 1.54) is 19.3 Å². The zero-order valence-electron chi connectivity index (χ0n) is 14.4. The number of aliphatic carboxylic acids is 1. The fourth-order valence-electron chi connectivity index (χ4n) is 3.83. The number of carbonyl (C=O) groups excluding carboxylic acids is 1. The predicted molar refractivity (Wildman–Crippen MR) is 90.1 cm³/mol. The molecule has 0 bridgehead atoms. The van der Waals surface area contributed by atoms with Crippen LogP contribution < -0.4 is 0 Å². The molecule has 130 valence electrons. The fraction of sp³-hybridized carbons (Fsp3) is 0.421. The summed E-state index contributed by atoms with van der Waals surface area (Å²) >= 11 is 0. The fourth-order valence-corrected chi connectivity index (χ4v) is 3.83. The minimum atomic E-state index is -1.32. The van der Waals surface area contributed by atoms with Crippen molar-refractivity contribution < 1.29 is 19.4 Å². The van der Waals surface area contributed by atoms with E-state index in [0.29, 0.717) is 12.1 Å². The molecular formula is C19H20N2O4. The van der Waals surface area contributed by atoms with E-state index < -0.39 is 34.6 Å². The Bertz CT molecular complexity index is 806. The number of allylic oxidation sites excluding steroid dienone is 1. The number of hydrogen-bond acceptors (Lipinski definition) is 4. The summed E-state index contributed by atoms with van der Waals surface area (Å²) < 4.78 is 6.29. The van der Waals surface area contributed by atoms with E-state index in [1.807, 2.05) is 0 Å². The van der Waals surface area contributed by atoms with Crippen molar-refractivity contribution in [3.63, 3.8) is 0 Å².